The summed E-state index contributed by atoms with van der Waals surface area (Å²) in [5.74, 6) is 0. The summed E-state index contributed by atoms with van der Waals surface area (Å²) in [6.45, 7) is 5.96. The normalized spacial score (nSPS) is 13.8. The van der Waals surface area contributed by atoms with Crippen molar-refractivity contribution >= 4 is 21.4 Å². The molecule has 0 aliphatic carbocycles. The fourth-order valence-electron chi connectivity index (χ4n) is 1.73. The van der Waals surface area contributed by atoms with Crippen molar-refractivity contribution in [2.24, 2.45) is 0 Å². The molecule has 20 heavy (non-hydrogen) atoms. The molecule has 1 aromatic heterocycles. The van der Waals surface area contributed by atoms with Gasteiger partial charge in [-0.2, -0.15) is 4.31 Å². The molecule has 0 radical (unpaired) electrons. The molecule has 1 rings (SSSR count). The van der Waals surface area contributed by atoms with E-state index >= 15 is 0 Å². The van der Waals surface area contributed by atoms with E-state index in [1.165, 1.54) is 15.6 Å². The maximum Gasteiger partial charge on any atom is 0.243 e. The number of ether oxygens (including phenoxy) is 1. The van der Waals surface area contributed by atoms with E-state index in [1.54, 1.807) is 25.6 Å². The Kier molecular flexibility index (Phi) is 7.11. The van der Waals surface area contributed by atoms with Gasteiger partial charge in [0.15, 0.2) is 0 Å². The summed E-state index contributed by atoms with van der Waals surface area (Å²) < 4.78 is 31.3. The van der Waals surface area contributed by atoms with Crippen LogP contribution in [0.4, 0.5) is 0 Å². The number of rotatable bonds is 9. The highest BCUT2D eigenvalue weighted by molar-refractivity contribution is 7.89. The molecule has 0 saturated carbocycles. The first kappa shape index (κ1) is 17.6. The Morgan fingerprint density at radius 3 is 2.80 bits per heavy atom. The molecule has 5 nitrogen and oxygen atoms in total. The van der Waals surface area contributed by atoms with Gasteiger partial charge >= 0.3 is 0 Å². The second-order valence-electron chi connectivity index (χ2n) is 4.75. The first-order chi connectivity index (χ1) is 9.43. The monoisotopic (exact) mass is 320 g/mol. The zero-order chi connectivity index (χ0) is 15.2. The molecular weight excluding hydrogens is 296 g/mol. The van der Waals surface area contributed by atoms with Crippen molar-refractivity contribution in [1.29, 1.82) is 0 Å². The molecule has 0 saturated heterocycles. The largest absolute Gasteiger partial charge is 0.383 e. The molecular formula is C13H24N2O3S2. The van der Waals surface area contributed by atoms with E-state index in [2.05, 4.69) is 12.2 Å². The Balaban J connectivity index is 2.77. The first-order valence-corrected chi connectivity index (χ1v) is 9.00. The summed E-state index contributed by atoms with van der Waals surface area (Å²) in [5, 5.41) is 4.97. The van der Waals surface area contributed by atoms with Crippen molar-refractivity contribution in [2.45, 2.75) is 37.8 Å². The van der Waals surface area contributed by atoms with Gasteiger partial charge in [0.1, 0.15) is 0 Å². The summed E-state index contributed by atoms with van der Waals surface area (Å²) in [6.07, 6.45) is 1.06. The molecule has 1 unspecified atom stereocenters. The van der Waals surface area contributed by atoms with Crippen LogP contribution in [-0.2, 0) is 21.3 Å². The molecule has 1 heterocycles. The summed E-state index contributed by atoms with van der Waals surface area (Å²) in [4.78, 5) is 1.39. The van der Waals surface area contributed by atoms with Gasteiger partial charge in [-0.1, -0.05) is 6.92 Å². The summed E-state index contributed by atoms with van der Waals surface area (Å²) in [7, 11) is -0.277. The van der Waals surface area contributed by atoms with Gasteiger partial charge in [0.25, 0.3) is 0 Å². The highest BCUT2D eigenvalue weighted by Gasteiger charge is 2.26. The van der Waals surface area contributed by atoms with E-state index in [4.69, 9.17) is 4.74 Å². The molecule has 0 aliphatic heterocycles. The van der Waals surface area contributed by atoms with Crippen molar-refractivity contribution in [3.63, 3.8) is 0 Å². The minimum atomic E-state index is -3.43. The van der Waals surface area contributed by atoms with Crippen molar-refractivity contribution in [3.8, 4) is 0 Å². The van der Waals surface area contributed by atoms with E-state index in [9.17, 15) is 8.42 Å². The molecule has 0 fully saturated rings. The number of likely N-dealkylation sites (N-methyl/N-ethyl adjacent to an activating group) is 1. The lowest BCUT2D eigenvalue weighted by Gasteiger charge is -2.23. The van der Waals surface area contributed by atoms with Gasteiger partial charge in [-0.3, -0.25) is 0 Å². The maximum absolute atomic E-state index is 12.4. The van der Waals surface area contributed by atoms with Crippen molar-refractivity contribution in [2.75, 3.05) is 27.3 Å². The average Bonchev–Trinajstić information content (AvgIpc) is 2.88. The lowest BCUT2D eigenvalue weighted by atomic mass is 10.4. The molecule has 0 bridgehead atoms. The van der Waals surface area contributed by atoms with Gasteiger partial charge < -0.3 is 10.1 Å². The first-order valence-electron chi connectivity index (χ1n) is 6.68. The van der Waals surface area contributed by atoms with E-state index in [0.29, 0.717) is 18.0 Å². The number of nitrogens with zero attached hydrogens (tertiary/aromatic N) is 1. The fourth-order valence-corrected chi connectivity index (χ4v) is 4.31. The number of hydrogen-bond acceptors (Lipinski definition) is 5. The third-order valence-corrected chi connectivity index (χ3v) is 6.10. The van der Waals surface area contributed by atoms with Crippen molar-refractivity contribution < 1.29 is 13.2 Å². The zero-order valence-corrected chi connectivity index (χ0v) is 14.2. The van der Waals surface area contributed by atoms with Crippen LogP contribution in [-0.4, -0.2) is 46.1 Å². The second-order valence-corrected chi connectivity index (χ2v) is 7.74. The van der Waals surface area contributed by atoms with E-state index < -0.39 is 10.0 Å². The Labute approximate surface area is 126 Å². The number of thiophene rings is 1. The highest BCUT2D eigenvalue weighted by Crippen LogP contribution is 2.23. The van der Waals surface area contributed by atoms with Gasteiger partial charge in [0.05, 0.1) is 11.5 Å². The van der Waals surface area contributed by atoms with Crippen LogP contribution >= 0.6 is 11.3 Å². The Bertz CT molecular complexity index is 499. The van der Waals surface area contributed by atoms with Crippen LogP contribution < -0.4 is 5.32 Å². The van der Waals surface area contributed by atoms with Crippen LogP contribution in [0.3, 0.4) is 0 Å². The predicted molar refractivity (Wildman–Crippen MR) is 82.6 cm³/mol. The van der Waals surface area contributed by atoms with Crippen LogP contribution in [0.5, 0.6) is 0 Å². The highest BCUT2D eigenvalue weighted by atomic mass is 32.2. The quantitative estimate of drug-likeness (QED) is 0.706. The zero-order valence-electron chi connectivity index (χ0n) is 12.5. The minimum absolute atomic E-state index is 0.188. The summed E-state index contributed by atoms with van der Waals surface area (Å²) in [6, 6.07) is 1.56. The third-order valence-electron chi connectivity index (χ3n) is 3.06. The van der Waals surface area contributed by atoms with Gasteiger partial charge in [-0.05, 0) is 26.0 Å². The molecule has 1 N–H and O–H groups in total. The number of methoxy groups -OCH3 is 1. The third kappa shape index (κ3) is 4.53. The molecule has 1 atom stereocenters. The predicted octanol–water partition coefficient (Wildman–Crippen LogP) is 1.90. The smallest absolute Gasteiger partial charge is 0.243 e. The van der Waals surface area contributed by atoms with E-state index in [1.807, 2.05) is 6.92 Å². The molecule has 0 spiro atoms. The van der Waals surface area contributed by atoms with Crippen molar-refractivity contribution in [3.05, 3.63) is 16.3 Å². The van der Waals surface area contributed by atoms with Gasteiger partial charge in [-0.25, -0.2) is 8.42 Å². The topological polar surface area (TPSA) is 58.6 Å². The molecule has 7 heteroatoms. The van der Waals surface area contributed by atoms with Crippen LogP contribution in [0.2, 0.25) is 0 Å². The summed E-state index contributed by atoms with van der Waals surface area (Å²) >= 11 is 1.47. The second kappa shape index (κ2) is 8.09. The van der Waals surface area contributed by atoms with E-state index in [0.717, 1.165) is 17.8 Å². The fraction of sp³-hybridized carbons (Fsp3) is 0.692. The Morgan fingerprint density at radius 1 is 1.50 bits per heavy atom. The molecule has 0 aliphatic rings. The lowest BCUT2D eigenvalue weighted by molar-refractivity contribution is 0.149. The van der Waals surface area contributed by atoms with Gasteiger partial charge in [0.2, 0.25) is 10.0 Å². The molecule has 0 amide bonds. The van der Waals surface area contributed by atoms with Gasteiger partial charge in [0, 0.05) is 37.0 Å². The molecule has 116 valence electrons. The SMILES string of the molecule is CCCNCc1cc(S(=O)(=O)N(C)C(C)COC)cs1. The van der Waals surface area contributed by atoms with Crippen LogP contribution in [0.1, 0.15) is 25.1 Å². The number of nitrogens with one attached hydrogen (secondary N) is 1. The lowest BCUT2D eigenvalue weighted by Crippen LogP contribution is -2.37. The Hall–Kier alpha value is -0.470. The maximum atomic E-state index is 12.4. The number of sulfonamides is 1. The average molecular weight is 320 g/mol. The van der Waals surface area contributed by atoms with Gasteiger partial charge in [-0.15, -0.1) is 11.3 Å². The van der Waals surface area contributed by atoms with Crippen LogP contribution in [0.25, 0.3) is 0 Å². The number of hydrogen-bond donors (Lipinski definition) is 1. The van der Waals surface area contributed by atoms with E-state index in [-0.39, 0.29) is 6.04 Å². The Morgan fingerprint density at radius 2 is 2.20 bits per heavy atom. The van der Waals surface area contributed by atoms with Crippen LogP contribution in [0.15, 0.2) is 16.3 Å². The summed E-state index contributed by atoms with van der Waals surface area (Å²) in [5.41, 5.74) is 0. The molecule has 0 aromatic carbocycles. The van der Waals surface area contributed by atoms with Crippen LogP contribution in [0, 0.1) is 0 Å². The minimum Gasteiger partial charge on any atom is -0.383 e. The molecule has 1 aromatic rings. The standard InChI is InChI=1S/C13H24N2O3S2/c1-5-6-14-8-12-7-13(10-19-12)20(16,17)15(3)11(2)9-18-4/h7,10-11,14H,5-6,8-9H2,1-4H3. The van der Waals surface area contributed by atoms with Crippen molar-refractivity contribution in [1.82, 2.24) is 9.62 Å².